The number of benzene rings is 2. The summed E-state index contributed by atoms with van der Waals surface area (Å²) in [6.45, 7) is 4.58. The lowest BCUT2D eigenvalue weighted by molar-refractivity contribution is -0.120. The fourth-order valence-electron chi connectivity index (χ4n) is 2.77. The van der Waals surface area contributed by atoms with Crippen LogP contribution in [0, 0.1) is 13.8 Å². The molecule has 1 aromatic heterocycles. The average Bonchev–Trinajstić information content (AvgIpc) is 2.67. The largest absolute Gasteiger partial charge is 0.352 e. The minimum atomic E-state index is -0.246. The van der Waals surface area contributed by atoms with Crippen molar-refractivity contribution in [1.29, 1.82) is 0 Å². The van der Waals surface area contributed by atoms with Crippen LogP contribution in [0.2, 0.25) is 0 Å². The number of aromatic amines is 1. The van der Waals surface area contributed by atoms with Crippen molar-refractivity contribution in [2.75, 3.05) is 0 Å². The van der Waals surface area contributed by atoms with Gasteiger partial charge in [0.05, 0.1) is 12.1 Å². The molecule has 28 heavy (non-hydrogen) atoms. The predicted molar refractivity (Wildman–Crippen MR) is 112 cm³/mol. The zero-order chi connectivity index (χ0) is 19.9. The van der Waals surface area contributed by atoms with E-state index in [0.717, 1.165) is 5.56 Å². The Morgan fingerprint density at radius 2 is 1.89 bits per heavy atom. The molecule has 0 unspecified atom stereocenters. The summed E-state index contributed by atoms with van der Waals surface area (Å²) in [6, 6.07) is 17.4. The van der Waals surface area contributed by atoms with Crippen LogP contribution in [-0.4, -0.2) is 15.9 Å². The van der Waals surface area contributed by atoms with E-state index < -0.39 is 0 Å². The number of amides is 1. The third-order valence-electron chi connectivity index (χ3n) is 4.32. The Morgan fingerprint density at radius 1 is 1.11 bits per heavy atom. The number of thioether (sulfide) groups is 1. The number of aryl methyl sites for hydroxylation is 2. The second-order valence-electron chi connectivity index (χ2n) is 6.70. The maximum Gasteiger partial charge on any atom is 0.251 e. The standard InChI is InChI=1S/C22H23N3O2S/c1-15-8-9-16(2)18(10-15)14-28-22-24-19(12-21(27)25-22)11-20(26)23-13-17-6-4-3-5-7-17/h3-10,12H,11,13-14H2,1-2H3,(H,23,26)(H,24,25,27). The Bertz CT molecular complexity index is 1020. The molecule has 0 saturated carbocycles. The van der Waals surface area contributed by atoms with Gasteiger partial charge in [0.25, 0.3) is 5.56 Å². The summed E-state index contributed by atoms with van der Waals surface area (Å²) >= 11 is 1.46. The normalized spacial score (nSPS) is 10.6. The molecule has 0 aliphatic heterocycles. The van der Waals surface area contributed by atoms with Gasteiger partial charge in [-0.25, -0.2) is 4.98 Å². The molecule has 0 fully saturated rings. The molecule has 5 nitrogen and oxygen atoms in total. The maximum absolute atomic E-state index is 12.2. The quantitative estimate of drug-likeness (QED) is 0.476. The Balaban J connectivity index is 1.61. The monoisotopic (exact) mass is 393 g/mol. The molecule has 1 amide bonds. The lowest BCUT2D eigenvalue weighted by Crippen LogP contribution is -2.25. The fraction of sp³-hybridized carbons (Fsp3) is 0.227. The molecule has 0 spiro atoms. The third-order valence-corrected chi connectivity index (χ3v) is 5.24. The van der Waals surface area contributed by atoms with Crippen molar-refractivity contribution in [3.8, 4) is 0 Å². The van der Waals surface area contributed by atoms with E-state index in [2.05, 4.69) is 47.3 Å². The Labute approximate surface area is 168 Å². The lowest BCUT2D eigenvalue weighted by Gasteiger charge is -2.08. The first-order valence-electron chi connectivity index (χ1n) is 9.09. The molecule has 0 aliphatic carbocycles. The summed E-state index contributed by atoms with van der Waals surface area (Å²) in [5, 5.41) is 3.39. The number of carbonyl (C=O) groups excluding carboxylic acids is 1. The number of hydrogen-bond donors (Lipinski definition) is 2. The number of hydrogen-bond acceptors (Lipinski definition) is 4. The van der Waals surface area contributed by atoms with Gasteiger partial charge in [0, 0.05) is 18.4 Å². The van der Waals surface area contributed by atoms with Gasteiger partial charge in [-0.2, -0.15) is 0 Å². The number of rotatable bonds is 7. The van der Waals surface area contributed by atoms with E-state index >= 15 is 0 Å². The molecule has 0 atom stereocenters. The van der Waals surface area contributed by atoms with Crippen molar-refractivity contribution >= 4 is 17.7 Å². The Kier molecular flexibility index (Phi) is 6.66. The molecule has 1 heterocycles. The molecule has 0 radical (unpaired) electrons. The van der Waals surface area contributed by atoms with Gasteiger partial charge in [0.1, 0.15) is 0 Å². The van der Waals surface area contributed by atoms with E-state index in [9.17, 15) is 9.59 Å². The number of H-pyrrole nitrogens is 1. The molecule has 3 rings (SSSR count). The highest BCUT2D eigenvalue weighted by Gasteiger charge is 2.09. The van der Waals surface area contributed by atoms with Crippen LogP contribution in [0.4, 0.5) is 0 Å². The molecule has 2 aromatic carbocycles. The van der Waals surface area contributed by atoms with E-state index in [-0.39, 0.29) is 17.9 Å². The molecular weight excluding hydrogens is 370 g/mol. The first-order valence-corrected chi connectivity index (χ1v) is 10.1. The van der Waals surface area contributed by atoms with Crippen molar-refractivity contribution in [2.24, 2.45) is 0 Å². The van der Waals surface area contributed by atoms with Gasteiger partial charge in [-0.15, -0.1) is 0 Å². The number of aromatic nitrogens is 2. The second-order valence-corrected chi connectivity index (χ2v) is 7.66. The van der Waals surface area contributed by atoms with Crippen LogP contribution in [0.5, 0.6) is 0 Å². The lowest BCUT2D eigenvalue weighted by atomic mass is 10.1. The van der Waals surface area contributed by atoms with Crippen molar-refractivity contribution in [1.82, 2.24) is 15.3 Å². The smallest absolute Gasteiger partial charge is 0.251 e. The zero-order valence-electron chi connectivity index (χ0n) is 16.0. The van der Waals surface area contributed by atoms with E-state index in [1.165, 1.54) is 34.5 Å². The first-order chi connectivity index (χ1) is 13.5. The van der Waals surface area contributed by atoms with Crippen LogP contribution < -0.4 is 10.9 Å². The summed E-state index contributed by atoms with van der Waals surface area (Å²) in [7, 11) is 0. The van der Waals surface area contributed by atoms with Crippen LogP contribution in [0.1, 0.15) is 27.9 Å². The molecule has 0 saturated heterocycles. The van der Waals surface area contributed by atoms with Gasteiger partial charge in [-0.1, -0.05) is 65.9 Å². The molecule has 3 aromatic rings. The molecule has 144 valence electrons. The summed E-state index contributed by atoms with van der Waals surface area (Å²) in [5.74, 6) is 0.549. The predicted octanol–water partition coefficient (Wildman–Crippen LogP) is 3.54. The summed E-state index contributed by atoms with van der Waals surface area (Å²) in [5.41, 5.74) is 4.86. The van der Waals surface area contributed by atoms with Gasteiger partial charge in [-0.3, -0.25) is 9.59 Å². The van der Waals surface area contributed by atoms with Gasteiger partial charge < -0.3 is 10.3 Å². The van der Waals surface area contributed by atoms with E-state index in [1.807, 2.05) is 30.3 Å². The fourth-order valence-corrected chi connectivity index (χ4v) is 3.73. The highest BCUT2D eigenvalue weighted by Crippen LogP contribution is 2.21. The van der Waals surface area contributed by atoms with Crippen molar-refractivity contribution < 1.29 is 4.79 Å². The van der Waals surface area contributed by atoms with Crippen LogP contribution in [0.25, 0.3) is 0 Å². The molecule has 2 N–H and O–H groups in total. The second kappa shape index (κ2) is 9.37. The molecule has 0 bridgehead atoms. The van der Waals surface area contributed by atoms with E-state index in [0.29, 0.717) is 23.1 Å². The number of nitrogens with zero attached hydrogens (tertiary/aromatic N) is 1. The van der Waals surface area contributed by atoms with Gasteiger partial charge in [0.2, 0.25) is 5.91 Å². The minimum absolute atomic E-state index is 0.0772. The summed E-state index contributed by atoms with van der Waals surface area (Å²) in [4.78, 5) is 31.4. The van der Waals surface area contributed by atoms with Gasteiger partial charge >= 0.3 is 0 Å². The topological polar surface area (TPSA) is 74.8 Å². The van der Waals surface area contributed by atoms with Gasteiger partial charge in [-0.05, 0) is 30.5 Å². The Morgan fingerprint density at radius 3 is 2.68 bits per heavy atom. The Hall–Kier alpha value is -2.86. The summed E-state index contributed by atoms with van der Waals surface area (Å²) < 4.78 is 0. The van der Waals surface area contributed by atoms with Crippen LogP contribution in [0.3, 0.4) is 0 Å². The van der Waals surface area contributed by atoms with E-state index in [4.69, 9.17) is 0 Å². The van der Waals surface area contributed by atoms with Crippen LogP contribution >= 0.6 is 11.8 Å². The van der Waals surface area contributed by atoms with Gasteiger partial charge in [0.15, 0.2) is 5.16 Å². The van der Waals surface area contributed by atoms with Crippen LogP contribution in [0.15, 0.2) is 64.5 Å². The number of nitrogens with one attached hydrogen (secondary N) is 2. The molecular formula is C22H23N3O2S. The van der Waals surface area contributed by atoms with Crippen molar-refractivity contribution in [3.63, 3.8) is 0 Å². The van der Waals surface area contributed by atoms with E-state index in [1.54, 1.807) is 0 Å². The molecule has 0 aliphatic rings. The highest BCUT2D eigenvalue weighted by molar-refractivity contribution is 7.98. The number of carbonyl (C=O) groups is 1. The maximum atomic E-state index is 12.2. The highest BCUT2D eigenvalue weighted by atomic mass is 32.2. The molecule has 6 heteroatoms. The SMILES string of the molecule is Cc1ccc(C)c(CSc2nc(CC(=O)NCc3ccccc3)cc(=O)[nH]2)c1. The third kappa shape index (κ3) is 5.82. The first kappa shape index (κ1) is 19.9. The minimum Gasteiger partial charge on any atom is -0.352 e. The van der Waals surface area contributed by atoms with Crippen molar-refractivity contribution in [2.45, 2.75) is 37.7 Å². The zero-order valence-corrected chi connectivity index (χ0v) is 16.8. The van der Waals surface area contributed by atoms with Crippen molar-refractivity contribution in [3.05, 3.63) is 92.9 Å². The summed E-state index contributed by atoms with van der Waals surface area (Å²) in [6.07, 6.45) is 0.0772. The average molecular weight is 394 g/mol. The van der Waals surface area contributed by atoms with Crippen LogP contribution in [-0.2, 0) is 23.5 Å².